The Balaban J connectivity index is 2.92. The predicted molar refractivity (Wildman–Crippen MR) is 66.0 cm³/mol. The van der Waals surface area contributed by atoms with E-state index in [-0.39, 0.29) is 19.8 Å². The lowest BCUT2D eigenvalue weighted by Crippen LogP contribution is -2.16. The van der Waals surface area contributed by atoms with E-state index in [9.17, 15) is 9.59 Å². The molecule has 1 rings (SSSR count). The molecule has 0 saturated heterocycles. The maximum atomic E-state index is 10.6. The Labute approximate surface area is 110 Å². The minimum Gasteiger partial charge on any atom is -0.445 e. The Bertz CT molecular complexity index is 425. The molecule has 0 atom stereocenters. The van der Waals surface area contributed by atoms with Gasteiger partial charge in [0.25, 0.3) is 0 Å². The Morgan fingerprint density at radius 1 is 1.05 bits per heavy atom. The van der Waals surface area contributed by atoms with Crippen LogP contribution in [0, 0.1) is 0 Å². The van der Waals surface area contributed by atoms with Crippen molar-refractivity contribution in [3.63, 3.8) is 0 Å². The van der Waals surface area contributed by atoms with E-state index in [2.05, 4.69) is 0 Å². The van der Waals surface area contributed by atoms with Crippen LogP contribution in [0.3, 0.4) is 0 Å². The van der Waals surface area contributed by atoms with Crippen LogP contribution < -0.4 is 11.5 Å². The minimum absolute atomic E-state index is 0.00488. The van der Waals surface area contributed by atoms with Crippen molar-refractivity contribution in [1.82, 2.24) is 0 Å². The molecule has 5 N–H and O–H groups in total. The number of benzene rings is 1. The summed E-state index contributed by atoms with van der Waals surface area (Å²) in [6.07, 6.45) is -1.42. The van der Waals surface area contributed by atoms with Gasteiger partial charge in [0, 0.05) is 6.61 Å². The summed E-state index contributed by atoms with van der Waals surface area (Å²) in [5.41, 5.74) is 11.9. The van der Waals surface area contributed by atoms with Crippen molar-refractivity contribution in [2.24, 2.45) is 11.5 Å². The van der Waals surface area contributed by atoms with Gasteiger partial charge in [-0.3, -0.25) is 0 Å². The zero-order valence-electron chi connectivity index (χ0n) is 10.3. The molecule has 2 amide bonds. The zero-order chi connectivity index (χ0) is 14.3. The van der Waals surface area contributed by atoms with Gasteiger partial charge in [0.2, 0.25) is 0 Å². The fourth-order valence-electron chi connectivity index (χ4n) is 1.69. The first kappa shape index (κ1) is 14.8. The van der Waals surface area contributed by atoms with Gasteiger partial charge in [-0.25, -0.2) is 9.59 Å². The summed E-state index contributed by atoms with van der Waals surface area (Å²) < 4.78 is 9.44. The number of aliphatic hydroxyl groups is 1. The van der Waals surface area contributed by atoms with E-state index in [4.69, 9.17) is 26.0 Å². The molecule has 0 aromatic heterocycles. The summed E-state index contributed by atoms with van der Waals surface area (Å²) in [6, 6.07) is 5.20. The third kappa shape index (κ3) is 4.84. The summed E-state index contributed by atoms with van der Waals surface area (Å²) in [5.74, 6) is 0. The van der Waals surface area contributed by atoms with Gasteiger partial charge >= 0.3 is 12.2 Å². The molecule has 1 aromatic carbocycles. The van der Waals surface area contributed by atoms with Crippen LogP contribution in [0.4, 0.5) is 9.59 Å². The Morgan fingerprint density at radius 3 is 1.89 bits per heavy atom. The molecule has 0 fully saturated rings. The molecule has 0 unspecified atom stereocenters. The van der Waals surface area contributed by atoms with Crippen LogP contribution in [0.2, 0.25) is 0 Å². The van der Waals surface area contributed by atoms with Crippen molar-refractivity contribution >= 4 is 12.2 Å². The van der Waals surface area contributed by atoms with Crippen LogP contribution >= 0.6 is 0 Å². The molecule has 19 heavy (non-hydrogen) atoms. The van der Waals surface area contributed by atoms with E-state index in [1.807, 2.05) is 0 Å². The number of aliphatic hydroxyl groups excluding tert-OH is 1. The monoisotopic (exact) mass is 268 g/mol. The van der Waals surface area contributed by atoms with Gasteiger partial charge in [0.15, 0.2) is 0 Å². The number of nitrogens with two attached hydrogens (primary N) is 2. The van der Waals surface area contributed by atoms with Crippen LogP contribution in [0.25, 0.3) is 0 Å². The predicted octanol–water partition coefficient (Wildman–Crippen LogP) is 0.412. The number of rotatable bonds is 6. The number of carbonyl (C=O) groups excluding carboxylic acids is 2. The molecule has 0 saturated carbocycles. The second-order valence-corrected chi connectivity index (χ2v) is 3.74. The van der Waals surface area contributed by atoms with Gasteiger partial charge in [-0.15, -0.1) is 0 Å². The van der Waals surface area contributed by atoms with Crippen LogP contribution in [0.1, 0.15) is 16.7 Å². The van der Waals surface area contributed by atoms with Gasteiger partial charge in [-0.1, -0.05) is 18.2 Å². The molecular weight excluding hydrogens is 252 g/mol. The fourth-order valence-corrected chi connectivity index (χ4v) is 1.69. The van der Waals surface area contributed by atoms with Crippen LogP contribution in [0.15, 0.2) is 18.2 Å². The lowest BCUT2D eigenvalue weighted by Gasteiger charge is -2.13. The Morgan fingerprint density at radius 2 is 1.53 bits per heavy atom. The largest absolute Gasteiger partial charge is 0.445 e. The van der Waals surface area contributed by atoms with Gasteiger partial charge in [0.05, 0.1) is 0 Å². The normalized spacial score (nSPS) is 9.95. The highest BCUT2D eigenvalue weighted by molar-refractivity contribution is 5.65. The van der Waals surface area contributed by atoms with Crippen LogP contribution in [-0.4, -0.2) is 23.9 Å². The summed E-state index contributed by atoms with van der Waals surface area (Å²) in [4.78, 5) is 21.2. The Kier molecular flexibility index (Phi) is 5.62. The third-order valence-corrected chi connectivity index (χ3v) is 2.47. The third-order valence-electron chi connectivity index (χ3n) is 2.47. The zero-order valence-corrected chi connectivity index (χ0v) is 10.3. The van der Waals surface area contributed by atoms with Crippen molar-refractivity contribution in [3.05, 3.63) is 34.9 Å². The van der Waals surface area contributed by atoms with Crippen LogP contribution in [-0.2, 0) is 29.1 Å². The molecule has 7 nitrogen and oxygen atoms in total. The van der Waals surface area contributed by atoms with Gasteiger partial charge in [-0.05, 0) is 23.1 Å². The lowest BCUT2D eigenvalue weighted by molar-refractivity contribution is 0.148. The van der Waals surface area contributed by atoms with E-state index < -0.39 is 12.2 Å². The lowest BCUT2D eigenvalue weighted by atomic mass is 9.99. The quantitative estimate of drug-likeness (QED) is 0.689. The molecule has 0 bridgehead atoms. The molecule has 7 heteroatoms. The number of hydrogen-bond acceptors (Lipinski definition) is 5. The number of hydrogen-bond donors (Lipinski definition) is 3. The highest BCUT2D eigenvalue weighted by Gasteiger charge is 2.10. The van der Waals surface area contributed by atoms with Gasteiger partial charge in [-0.2, -0.15) is 0 Å². The summed E-state index contributed by atoms with van der Waals surface area (Å²) in [6.45, 7) is -0.0959. The molecule has 0 heterocycles. The first-order valence-electron chi connectivity index (χ1n) is 5.59. The van der Waals surface area contributed by atoms with Crippen molar-refractivity contribution in [2.45, 2.75) is 19.6 Å². The van der Waals surface area contributed by atoms with Crippen molar-refractivity contribution in [1.29, 1.82) is 0 Å². The SMILES string of the molecule is NC(=O)OCc1cccc(COC(N)=O)c1CCO. The second kappa shape index (κ2) is 7.22. The van der Waals surface area contributed by atoms with Crippen molar-refractivity contribution in [3.8, 4) is 0 Å². The average Bonchev–Trinajstić information content (AvgIpc) is 2.35. The molecule has 104 valence electrons. The topological polar surface area (TPSA) is 125 Å². The van der Waals surface area contributed by atoms with E-state index >= 15 is 0 Å². The van der Waals surface area contributed by atoms with Gasteiger partial charge < -0.3 is 26.0 Å². The van der Waals surface area contributed by atoms with E-state index in [1.165, 1.54) is 0 Å². The molecule has 1 aromatic rings. The average molecular weight is 268 g/mol. The fraction of sp³-hybridized carbons (Fsp3) is 0.333. The number of amides is 2. The van der Waals surface area contributed by atoms with Crippen molar-refractivity contribution < 1.29 is 24.2 Å². The summed E-state index contributed by atoms with van der Waals surface area (Å²) in [5, 5.41) is 9.06. The first-order valence-corrected chi connectivity index (χ1v) is 5.59. The molecule has 0 radical (unpaired) electrons. The maximum Gasteiger partial charge on any atom is 0.404 e. The Hall–Kier alpha value is -2.28. The number of primary amides is 2. The van der Waals surface area contributed by atoms with E-state index in [1.54, 1.807) is 18.2 Å². The standard InChI is InChI=1S/C12H16N2O5/c13-11(16)18-6-8-2-1-3-9(7-19-12(14)17)10(8)4-5-15/h1-3,15H,4-7H2,(H2,13,16)(H2,14,17). The van der Waals surface area contributed by atoms with E-state index in [0.29, 0.717) is 17.5 Å². The van der Waals surface area contributed by atoms with Gasteiger partial charge in [0.1, 0.15) is 13.2 Å². The second-order valence-electron chi connectivity index (χ2n) is 3.74. The van der Waals surface area contributed by atoms with Crippen LogP contribution in [0.5, 0.6) is 0 Å². The number of ether oxygens (including phenoxy) is 2. The smallest absolute Gasteiger partial charge is 0.404 e. The summed E-state index contributed by atoms with van der Waals surface area (Å²) >= 11 is 0. The highest BCUT2D eigenvalue weighted by atomic mass is 16.5. The molecule has 0 aliphatic rings. The maximum absolute atomic E-state index is 10.6. The van der Waals surface area contributed by atoms with E-state index in [0.717, 1.165) is 5.56 Å². The number of carbonyl (C=O) groups is 2. The molecular formula is C12H16N2O5. The minimum atomic E-state index is -0.881. The first-order chi connectivity index (χ1) is 9.04. The van der Waals surface area contributed by atoms with Crippen molar-refractivity contribution in [2.75, 3.05) is 6.61 Å². The highest BCUT2D eigenvalue weighted by Crippen LogP contribution is 2.18. The molecule has 0 aliphatic heterocycles. The summed E-state index contributed by atoms with van der Waals surface area (Å²) in [7, 11) is 0. The molecule has 0 aliphatic carbocycles. The molecule has 0 spiro atoms.